The number of phenolic OH excluding ortho intramolecular Hbond substituents is 1. The molecule has 25 heavy (non-hydrogen) atoms. The number of halogens is 5. The summed E-state index contributed by atoms with van der Waals surface area (Å²) in [6.07, 6.45) is 0. The molecule has 0 saturated carbocycles. The van der Waals surface area contributed by atoms with Crippen molar-refractivity contribution in [1.29, 1.82) is 0 Å². The van der Waals surface area contributed by atoms with Gasteiger partial charge in [-0.05, 0) is 81.6 Å². The SMILES string of the molecule is COCBr.COCOc1cc(Br)ccc1I.Oc1cc(Br)ccc1I. The molecule has 2 aromatic rings. The van der Waals surface area contributed by atoms with Crippen LogP contribution in [0.15, 0.2) is 45.3 Å². The molecule has 1 N–H and O–H groups in total. The molecule has 0 aliphatic carbocycles. The van der Waals surface area contributed by atoms with Gasteiger partial charge in [0.15, 0.2) is 6.79 Å². The van der Waals surface area contributed by atoms with Gasteiger partial charge in [-0.3, -0.25) is 0 Å². The number of phenols is 1. The molecular formula is C16H17Br3I2O4. The van der Waals surface area contributed by atoms with Gasteiger partial charge in [0, 0.05) is 23.2 Å². The molecule has 2 rings (SSSR count). The van der Waals surface area contributed by atoms with E-state index in [0.717, 1.165) is 21.8 Å². The zero-order chi connectivity index (χ0) is 19.2. The quantitative estimate of drug-likeness (QED) is 0.212. The summed E-state index contributed by atoms with van der Waals surface area (Å²) in [5.41, 5.74) is 0.632. The lowest BCUT2D eigenvalue weighted by Gasteiger charge is -2.06. The summed E-state index contributed by atoms with van der Waals surface area (Å²) in [4.78, 5) is 0. The Morgan fingerprint density at radius 1 is 0.920 bits per heavy atom. The number of ether oxygens (including phenoxy) is 3. The molecule has 140 valence electrons. The van der Waals surface area contributed by atoms with E-state index in [-0.39, 0.29) is 6.79 Å². The minimum atomic E-state index is 0.284. The second-order valence-electron chi connectivity index (χ2n) is 4.12. The Bertz CT molecular complexity index is 628. The van der Waals surface area contributed by atoms with Crippen molar-refractivity contribution in [3.8, 4) is 11.5 Å². The molecule has 0 heterocycles. The smallest absolute Gasteiger partial charge is 0.188 e. The van der Waals surface area contributed by atoms with Crippen LogP contribution in [0.2, 0.25) is 0 Å². The van der Waals surface area contributed by atoms with E-state index in [0.29, 0.717) is 11.3 Å². The normalized spacial score (nSPS) is 9.40. The van der Waals surface area contributed by atoms with Gasteiger partial charge in [0.1, 0.15) is 17.0 Å². The van der Waals surface area contributed by atoms with Crippen LogP contribution in [0.4, 0.5) is 0 Å². The van der Waals surface area contributed by atoms with Crippen molar-refractivity contribution in [2.45, 2.75) is 0 Å². The van der Waals surface area contributed by atoms with Crippen LogP contribution in [0.1, 0.15) is 0 Å². The van der Waals surface area contributed by atoms with Crippen molar-refractivity contribution < 1.29 is 19.3 Å². The van der Waals surface area contributed by atoms with Gasteiger partial charge in [-0.15, -0.1) is 0 Å². The molecule has 0 aliphatic heterocycles. The molecule has 9 heteroatoms. The average molecular weight is 767 g/mol. The Morgan fingerprint density at radius 3 is 1.88 bits per heavy atom. The molecule has 0 fully saturated rings. The third-order valence-corrected chi connectivity index (χ3v) is 5.49. The van der Waals surface area contributed by atoms with Crippen molar-refractivity contribution in [3.63, 3.8) is 0 Å². The number of hydrogen-bond donors (Lipinski definition) is 1. The highest BCUT2D eigenvalue weighted by Gasteiger charge is 2.00. The first-order valence-electron chi connectivity index (χ1n) is 6.61. The number of alkyl halides is 1. The summed E-state index contributed by atoms with van der Waals surface area (Å²) in [6.45, 7) is 0.284. The summed E-state index contributed by atoms with van der Waals surface area (Å²) in [5.74, 6) is 1.16. The second-order valence-corrected chi connectivity index (χ2v) is 8.73. The Morgan fingerprint density at radius 2 is 1.44 bits per heavy atom. The first-order valence-corrected chi connectivity index (χ1v) is 11.5. The number of aromatic hydroxyl groups is 1. The molecule has 0 atom stereocenters. The fraction of sp³-hybridized carbons (Fsp3) is 0.250. The zero-order valence-electron chi connectivity index (χ0n) is 13.4. The van der Waals surface area contributed by atoms with E-state index in [9.17, 15) is 0 Å². The number of rotatable bonds is 4. The fourth-order valence-corrected chi connectivity index (χ4v) is 2.71. The lowest BCUT2D eigenvalue weighted by molar-refractivity contribution is 0.0505. The van der Waals surface area contributed by atoms with Gasteiger partial charge in [0.2, 0.25) is 0 Å². The predicted octanol–water partition coefficient (Wildman–Crippen LogP) is 6.78. The predicted molar refractivity (Wildman–Crippen MR) is 129 cm³/mol. The molecule has 0 unspecified atom stereocenters. The van der Waals surface area contributed by atoms with Gasteiger partial charge >= 0.3 is 0 Å². The standard InChI is InChI=1S/C8H8BrIO2.C6H4BrIO.C2H5BrO/c1-11-5-12-8-4-6(9)2-3-7(8)10;7-4-1-2-5(8)6(9)3-4;1-4-2-3/h2-4H,5H2,1H3;1-3,9H;2H2,1H3. The van der Waals surface area contributed by atoms with E-state index in [1.807, 2.05) is 30.3 Å². The summed E-state index contributed by atoms with van der Waals surface area (Å²) >= 11 is 13.9. The first-order chi connectivity index (χ1) is 11.8. The minimum absolute atomic E-state index is 0.284. The van der Waals surface area contributed by atoms with Gasteiger partial charge < -0.3 is 19.3 Å². The van der Waals surface area contributed by atoms with E-state index >= 15 is 0 Å². The Balaban J connectivity index is 0.000000391. The van der Waals surface area contributed by atoms with Crippen LogP contribution in [0.25, 0.3) is 0 Å². The Labute approximate surface area is 200 Å². The van der Waals surface area contributed by atoms with E-state index in [1.165, 1.54) is 0 Å². The Hall–Kier alpha value is 0.860. The van der Waals surface area contributed by atoms with Crippen molar-refractivity contribution in [1.82, 2.24) is 0 Å². The van der Waals surface area contributed by atoms with Crippen LogP contribution < -0.4 is 4.74 Å². The highest BCUT2D eigenvalue weighted by Crippen LogP contribution is 2.25. The molecule has 0 saturated heterocycles. The van der Waals surface area contributed by atoms with Crippen LogP contribution in [0.5, 0.6) is 11.5 Å². The van der Waals surface area contributed by atoms with Crippen molar-refractivity contribution in [2.24, 2.45) is 0 Å². The van der Waals surface area contributed by atoms with Gasteiger partial charge in [-0.2, -0.15) is 0 Å². The highest BCUT2D eigenvalue weighted by atomic mass is 127. The van der Waals surface area contributed by atoms with E-state index < -0.39 is 0 Å². The monoisotopic (exact) mass is 764 g/mol. The molecule has 0 amide bonds. The van der Waals surface area contributed by atoms with E-state index in [4.69, 9.17) is 14.6 Å². The fourth-order valence-electron chi connectivity index (χ4n) is 1.20. The van der Waals surface area contributed by atoms with Crippen LogP contribution in [-0.4, -0.2) is 31.6 Å². The van der Waals surface area contributed by atoms with E-state index in [2.05, 4.69) is 97.7 Å². The summed E-state index contributed by atoms with van der Waals surface area (Å²) in [6, 6.07) is 11.3. The van der Waals surface area contributed by atoms with Crippen LogP contribution in [0, 0.1) is 7.14 Å². The van der Waals surface area contributed by atoms with E-state index in [1.54, 1.807) is 20.3 Å². The minimum Gasteiger partial charge on any atom is -0.507 e. The third-order valence-electron chi connectivity index (χ3n) is 2.24. The molecule has 0 spiro atoms. The lowest BCUT2D eigenvalue weighted by atomic mass is 10.3. The largest absolute Gasteiger partial charge is 0.507 e. The van der Waals surface area contributed by atoms with Gasteiger partial charge in [0.25, 0.3) is 0 Å². The van der Waals surface area contributed by atoms with Crippen LogP contribution in [-0.2, 0) is 9.47 Å². The maximum absolute atomic E-state index is 9.06. The van der Waals surface area contributed by atoms with Crippen molar-refractivity contribution in [2.75, 3.05) is 26.5 Å². The maximum Gasteiger partial charge on any atom is 0.188 e. The first kappa shape index (κ1) is 25.9. The topological polar surface area (TPSA) is 47.9 Å². The van der Waals surface area contributed by atoms with Crippen LogP contribution in [0.3, 0.4) is 0 Å². The van der Waals surface area contributed by atoms with Crippen molar-refractivity contribution >= 4 is 93.0 Å². The molecule has 4 nitrogen and oxygen atoms in total. The van der Waals surface area contributed by atoms with Crippen molar-refractivity contribution in [3.05, 3.63) is 52.5 Å². The van der Waals surface area contributed by atoms with Gasteiger partial charge in [-0.1, -0.05) is 47.8 Å². The number of methoxy groups -OCH3 is 2. The Kier molecular flexibility index (Phi) is 16.4. The lowest BCUT2D eigenvalue weighted by Crippen LogP contribution is -1.99. The second kappa shape index (κ2) is 15.9. The van der Waals surface area contributed by atoms with Gasteiger partial charge in [0.05, 0.1) is 7.14 Å². The molecule has 2 aromatic carbocycles. The summed E-state index contributed by atoms with van der Waals surface area (Å²) < 4.78 is 18.4. The molecule has 0 aromatic heterocycles. The molecule has 0 bridgehead atoms. The highest BCUT2D eigenvalue weighted by molar-refractivity contribution is 14.1. The average Bonchev–Trinajstić information content (AvgIpc) is 2.60. The zero-order valence-corrected chi connectivity index (χ0v) is 22.5. The summed E-state index contributed by atoms with van der Waals surface area (Å²) in [7, 11) is 3.24. The maximum atomic E-state index is 9.06. The molecule has 0 aliphatic rings. The van der Waals surface area contributed by atoms with Gasteiger partial charge in [-0.25, -0.2) is 0 Å². The number of benzene rings is 2. The molecule has 0 radical (unpaired) electrons. The molecular weight excluding hydrogens is 750 g/mol. The summed E-state index contributed by atoms with van der Waals surface area (Å²) in [5, 5.41) is 9.06. The third kappa shape index (κ3) is 12.8. The van der Waals surface area contributed by atoms with Crippen LogP contribution >= 0.6 is 93.0 Å². The number of hydrogen-bond acceptors (Lipinski definition) is 4.